The molecule has 0 fully saturated rings. The lowest BCUT2D eigenvalue weighted by molar-refractivity contribution is 0.412. The number of halogens is 2. The Hall–Kier alpha value is -0.500. The molecule has 1 unspecified atom stereocenters. The predicted octanol–water partition coefficient (Wildman–Crippen LogP) is 1.92. The molecule has 0 radical (unpaired) electrons. The normalized spacial score (nSPS) is 14.6. The Balaban J connectivity index is 3.40. The molecule has 0 saturated carbocycles. The monoisotopic (exact) mass is 338 g/mol. The summed E-state index contributed by atoms with van der Waals surface area (Å²) in [6.45, 7) is 3.01. The summed E-state index contributed by atoms with van der Waals surface area (Å²) in [4.78, 5) is 0. The molecule has 7 heteroatoms. The lowest BCUT2D eigenvalue weighted by Gasteiger charge is -2.32. The maximum absolute atomic E-state index is 14.0. The molecular formula is C11H16BrFN2O2S. The van der Waals surface area contributed by atoms with Crippen LogP contribution in [-0.4, -0.2) is 19.4 Å². The van der Waals surface area contributed by atoms with E-state index in [-0.39, 0.29) is 10.0 Å². The Labute approximate surface area is 115 Å². The molecule has 18 heavy (non-hydrogen) atoms. The van der Waals surface area contributed by atoms with Gasteiger partial charge in [0.25, 0.3) is 0 Å². The topological polar surface area (TPSA) is 72.2 Å². The van der Waals surface area contributed by atoms with Gasteiger partial charge >= 0.3 is 0 Å². The van der Waals surface area contributed by atoms with Crippen molar-refractivity contribution in [3.8, 4) is 0 Å². The zero-order chi connectivity index (χ0) is 14.1. The molecule has 0 amide bonds. The van der Waals surface area contributed by atoms with Gasteiger partial charge in [0.05, 0.1) is 15.3 Å². The number of nitrogens with one attached hydrogen (secondary N) is 1. The molecule has 0 spiro atoms. The van der Waals surface area contributed by atoms with E-state index in [0.717, 1.165) is 6.26 Å². The largest absolute Gasteiger partial charge is 0.271 e. The van der Waals surface area contributed by atoms with E-state index in [1.807, 2.05) is 0 Å². The van der Waals surface area contributed by atoms with Gasteiger partial charge in [0.15, 0.2) is 9.84 Å². The molecule has 102 valence electrons. The molecule has 1 atom stereocenters. The molecule has 3 N–H and O–H groups in total. The van der Waals surface area contributed by atoms with Crippen LogP contribution in [0.2, 0.25) is 0 Å². The fourth-order valence-electron chi connectivity index (χ4n) is 1.62. The third-order valence-corrected chi connectivity index (χ3v) is 5.87. The van der Waals surface area contributed by atoms with Gasteiger partial charge in [-0.15, -0.1) is 0 Å². The van der Waals surface area contributed by atoms with E-state index in [4.69, 9.17) is 5.84 Å². The number of rotatable bonds is 4. The van der Waals surface area contributed by atoms with Crippen molar-refractivity contribution in [3.05, 3.63) is 34.1 Å². The van der Waals surface area contributed by atoms with Crippen LogP contribution < -0.4 is 11.3 Å². The minimum atomic E-state index is -3.42. The molecule has 0 heterocycles. The lowest BCUT2D eigenvalue weighted by atomic mass is 9.95. The Morgan fingerprint density at radius 2 is 2.00 bits per heavy atom. The fourth-order valence-corrected chi connectivity index (χ4v) is 2.63. The summed E-state index contributed by atoms with van der Waals surface area (Å²) in [5, 5.41) is 0. The average Bonchev–Trinajstić information content (AvgIpc) is 2.23. The van der Waals surface area contributed by atoms with Crippen molar-refractivity contribution in [3.63, 3.8) is 0 Å². The van der Waals surface area contributed by atoms with E-state index in [2.05, 4.69) is 21.4 Å². The number of sulfone groups is 1. The van der Waals surface area contributed by atoms with Crippen LogP contribution in [0.25, 0.3) is 0 Å². The third-order valence-electron chi connectivity index (χ3n) is 3.11. The zero-order valence-electron chi connectivity index (χ0n) is 10.4. The molecule has 0 aromatic heterocycles. The second kappa shape index (κ2) is 5.24. The Kier molecular flexibility index (Phi) is 4.53. The number of hydrazine groups is 1. The summed E-state index contributed by atoms with van der Waals surface area (Å²) in [5.41, 5.74) is 2.60. The fraction of sp³-hybridized carbons (Fsp3) is 0.455. The molecule has 1 rings (SSSR count). The first-order chi connectivity index (χ1) is 8.13. The Bertz CT molecular complexity index is 546. The van der Waals surface area contributed by atoms with Crippen LogP contribution in [0.15, 0.2) is 22.7 Å². The molecule has 0 saturated heterocycles. The summed E-state index contributed by atoms with van der Waals surface area (Å²) in [6.07, 6.45) is 1.10. The van der Waals surface area contributed by atoms with E-state index in [9.17, 15) is 12.8 Å². The van der Waals surface area contributed by atoms with Crippen molar-refractivity contribution in [2.75, 3.05) is 6.26 Å². The second-order valence-corrected chi connectivity index (χ2v) is 8.07. The highest BCUT2D eigenvalue weighted by Crippen LogP contribution is 2.34. The summed E-state index contributed by atoms with van der Waals surface area (Å²) in [7, 11) is -3.42. The number of benzene rings is 1. The minimum Gasteiger partial charge on any atom is -0.271 e. The van der Waals surface area contributed by atoms with Gasteiger partial charge in [-0.2, -0.15) is 0 Å². The third kappa shape index (κ3) is 2.74. The first kappa shape index (κ1) is 15.6. The van der Waals surface area contributed by atoms with Crippen molar-refractivity contribution in [2.24, 2.45) is 5.84 Å². The van der Waals surface area contributed by atoms with Gasteiger partial charge in [-0.25, -0.2) is 12.8 Å². The number of nitrogens with two attached hydrogens (primary N) is 1. The van der Waals surface area contributed by atoms with Crippen molar-refractivity contribution < 1.29 is 12.8 Å². The van der Waals surface area contributed by atoms with Crippen LogP contribution in [0.4, 0.5) is 4.39 Å². The van der Waals surface area contributed by atoms with Crippen LogP contribution in [0.3, 0.4) is 0 Å². The van der Waals surface area contributed by atoms with Gasteiger partial charge in [0, 0.05) is 11.8 Å². The zero-order valence-corrected chi connectivity index (χ0v) is 12.8. The van der Waals surface area contributed by atoms with Crippen molar-refractivity contribution in [1.29, 1.82) is 0 Å². The lowest BCUT2D eigenvalue weighted by Crippen LogP contribution is -2.47. The SMILES string of the molecule is CC(C)(C(NN)c1cccc(Br)c1F)S(C)(=O)=O. The van der Waals surface area contributed by atoms with Gasteiger partial charge in [-0.05, 0) is 35.8 Å². The van der Waals surface area contributed by atoms with E-state index in [1.165, 1.54) is 19.9 Å². The molecule has 1 aromatic carbocycles. The van der Waals surface area contributed by atoms with E-state index in [1.54, 1.807) is 12.1 Å². The van der Waals surface area contributed by atoms with Gasteiger partial charge in [-0.1, -0.05) is 12.1 Å². The van der Waals surface area contributed by atoms with E-state index >= 15 is 0 Å². The van der Waals surface area contributed by atoms with Crippen LogP contribution in [0.5, 0.6) is 0 Å². The highest BCUT2D eigenvalue weighted by Gasteiger charge is 2.40. The summed E-state index contributed by atoms with van der Waals surface area (Å²) >= 11 is 3.07. The Morgan fingerprint density at radius 1 is 1.44 bits per heavy atom. The van der Waals surface area contributed by atoms with Crippen LogP contribution in [-0.2, 0) is 9.84 Å². The number of hydrogen-bond acceptors (Lipinski definition) is 4. The van der Waals surface area contributed by atoms with Gasteiger partial charge in [0.1, 0.15) is 5.82 Å². The van der Waals surface area contributed by atoms with Crippen LogP contribution in [0.1, 0.15) is 25.5 Å². The molecule has 0 aliphatic rings. The summed E-state index contributed by atoms with van der Waals surface area (Å²) in [6, 6.07) is 3.84. The number of hydrogen-bond donors (Lipinski definition) is 2. The molecule has 1 aromatic rings. The van der Waals surface area contributed by atoms with Crippen LogP contribution >= 0.6 is 15.9 Å². The summed E-state index contributed by atoms with van der Waals surface area (Å²) in [5.74, 6) is 4.89. The molecule has 0 bridgehead atoms. The van der Waals surface area contributed by atoms with Crippen molar-refractivity contribution in [2.45, 2.75) is 24.6 Å². The minimum absolute atomic E-state index is 0.210. The summed E-state index contributed by atoms with van der Waals surface area (Å²) < 4.78 is 36.6. The smallest absolute Gasteiger partial charge is 0.154 e. The highest BCUT2D eigenvalue weighted by molar-refractivity contribution is 9.10. The molecule has 0 aliphatic carbocycles. The molecule has 4 nitrogen and oxygen atoms in total. The maximum Gasteiger partial charge on any atom is 0.154 e. The molecular weight excluding hydrogens is 323 g/mol. The predicted molar refractivity (Wildman–Crippen MR) is 73.1 cm³/mol. The molecule has 0 aliphatic heterocycles. The van der Waals surface area contributed by atoms with E-state index < -0.39 is 26.4 Å². The quantitative estimate of drug-likeness (QED) is 0.649. The van der Waals surface area contributed by atoms with Gasteiger partial charge in [0.2, 0.25) is 0 Å². The maximum atomic E-state index is 14.0. The van der Waals surface area contributed by atoms with Crippen molar-refractivity contribution in [1.82, 2.24) is 5.43 Å². The first-order valence-corrected chi connectivity index (χ1v) is 7.91. The highest BCUT2D eigenvalue weighted by atomic mass is 79.9. The van der Waals surface area contributed by atoms with Crippen LogP contribution in [0, 0.1) is 5.82 Å². The van der Waals surface area contributed by atoms with Crippen molar-refractivity contribution >= 4 is 25.8 Å². The average molecular weight is 339 g/mol. The van der Waals surface area contributed by atoms with Gasteiger partial charge in [-0.3, -0.25) is 11.3 Å². The standard InChI is InChI=1S/C11H16BrFN2O2S/c1-11(2,18(3,16)17)10(15-14)7-5-4-6-8(12)9(7)13/h4-6,10,15H,14H2,1-3H3. The van der Waals surface area contributed by atoms with Gasteiger partial charge < -0.3 is 0 Å². The second-order valence-electron chi connectivity index (χ2n) is 4.62. The van der Waals surface area contributed by atoms with E-state index in [0.29, 0.717) is 0 Å². The Morgan fingerprint density at radius 3 is 2.44 bits per heavy atom. The first-order valence-electron chi connectivity index (χ1n) is 5.22.